The molecule has 4 N–H and O–H groups in total. The number of likely N-dealkylation sites (N-methyl/N-ethyl adjacent to an activating group) is 1. The number of hydrogen-bond donors (Lipinski definition) is 4. The Hall–Kier alpha value is -3.46. The zero-order valence-corrected chi connectivity index (χ0v) is 25.8. The zero-order chi connectivity index (χ0) is 30.9. The Balaban J connectivity index is 0.000000425. The van der Waals surface area contributed by atoms with Gasteiger partial charge in [-0.2, -0.15) is 0 Å². The molecule has 2 aliphatic rings. The van der Waals surface area contributed by atoms with E-state index in [0.29, 0.717) is 19.4 Å². The van der Waals surface area contributed by atoms with Gasteiger partial charge in [-0.05, 0) is 68.1 Å². The van der Waals surface area contributed by atoms with E-state index in [2.05, 4.69) is 59.7 Å². The Morgan fingerprint density at radius 1 is 1.07 bits per heavy atom. The molecule has 9 heteroatoms. The van der Waals surface area contributed by atoms with Gasteiger partial charge in [0.15, 0.2) is 0 Å². The van der Waals surface area contributed by atoms with Gasteiger partial charge in [0.05, 0.1) is 0 Å². The molecule has 0 aromatic heterocycles. The van der Waals surface area contributed by atoms with Gasteiger partial charge in [-0.3, -0.25) is 24.2 Å². The number of hydrazine groups is 1. The fourth-order valence-corrected chi connectivity index (χ4v) is 4.58. The molecule has 1 fully saturated rings. The summed E-state index contributed by atoms with van der Waals surface area (Å²) in [5.41, 5.74) is 7.22. The van der Waals surface area contributed by atoms with Crippen LogP contribution in [0.4, 0.5) is 0 Å². The van der Waals surface area contributed by atoms with Crippen molar-refractivity contribution in [1.29, 1.82) is 0 Å². The summed E-state index contributed by atoms with van der Waals surface area (Å²) in [6.07, 6.45) is 11.4. The fraction of sp³-hybridized carbons (Fsp3) is 0.562. The highest BCUT2D eigenvalue weighted by Crippen LogP contribution is 2.22. The summed E-state index contributed by atoms with van der Waals surface area (Å²) in [7, 11) is 1.54. The number of aryl methyl sites for hydroxylation is 2. The molecule has 1 aromatic rings. The van der Waals surface area contributed by atoms with Crippen LogP contribution in [0.15, 0.2) is 37.4 Å². The smallest absolute Gasteiger partial charge is 0.258 e. The van der Waals surface area contributed by atoms with Crippen LogP contribution < -0.4 is 21.4 Å². The molecule has 1 aromatic carbocycles. The van der Waals surface area contributed by atoms with E-state index in [4.69, 9.17) is 0 Å². The molecule has 0 bridgehead atoms. The standard InChI is InChI=1S/C16H29N5O4.C11H12.C5H10/c1-9(2)13(19-11(4)22)15(24)18-10(3)16(25)21-8-6-7-12(20-21)14(23)17-5;1-2-9-6-7-10-4-3-5-11(10)8-9;1-3-5-4-2/h9-10,12-13,20H,6-8H2,1-5H3,(H,17,23)(H,18,24)(H,19,22);2,6-8H,1,3-5H2;3H,1,4-5H2,2H3/t10-,12-,13?;;/m0../s1. The minimum Gasteiger partial charge on any atom is -0.358 e. The van der Waals surface area contributed by atoms with Crippen LogP contribution in [0.25, 0.3) is 6.08 Å². The van der Waals surface area contributed by atoms with Crippen molar-refractivity contribution in [2.24, 2.45) is 5.92 Å². The number of nitrogens with one attached hydrogen (secondary N) is 4. The highest BCUT2D eigenvalue weighted by Gasteiger charge is 2.32. The summed E-state index contributed by atoms with van der Waals surface area (Å²) in [6.45, 7) is 16.5. The van der Waals surface area contributed by atoms with Gasteiger partial charge in [-0.1, -0.05) is 64.1 Å². The Morgan fingerprint density at radius 2 is 1.76 bits per heavy atom. The highest BCUT2D eigenvalue weighted by atomic mass is 16.2. The predicted molar refractivity (Wildman–Crippen MR) is 166 cm³/mol. The van der Waals surface area contributed by atoms with Crippen LogP contribution in [-0.4, -0.2) is 60.4 Å². The van der Waals surface area contributed by atoms with Crippen LogP contribution in [0.3, 0.4) is 0 Å². The third-order valence-electron chi connectivity index (χ3n) is 6.90. The average Bonchev–Trinajstić information content (AvgIpc) is 3.44. The van der Waals surface area contributed by atoms with Crippen molar-refractivity contribution in [3.63, 3.8) is 0 Å². The maximum Gasteiger partial charge on any atom is 0.258 e. The molecular weight excluding hydrogens is 518 g/mol. The number of allylic oxidation sites excluding steroid dienone is 1. The molecule has 4 amide bonds. The van der Waals surface area contributed by atoms with Crippen LogP contribution in [-0.2, 0) is 32.0 Å². The first-order chi connectivity index (χ1) is 19.5. The number of unbranched alkanes of at least 4 members (excludes halogenated alkanes) is 1. The van der Waals surface area contributed by atoms with Crippen LogP contribution in [0, 0.1) is 5.92 Å². The first-order valence-electron chi connectivity index (χ1n) is 14.7. The van der Waals surface area contributed by atoms with Gasteiger partial charge in [-0.15, -0.1) is 6.58 Å². The van der Waals surface area contributed by atoms with Crippen molar-refractivity contribution in [3.8, 4) is 0 Å². The normalized spacial score (nSPS) is 16.9. The average molecular weight is 570 g/mol. The number of fused-ring (bicyclic) bond motifs is 1. The summed E-state index contributed by atoms with van der Waals surface area (Å²) in [6, 6.07) is 4.69. The number of rotatable bonds is 9. The van der Waals surface area contributed by atoms with Crippen molar-refractivity contribution in [3.05, 3.63) is 54.1 Å². The predicted octanol–water partition coefficient (Wildman–Crippen LogP) is 3.68. The molecular formula is C32H51N5O4. The molecule has 1 aliphatic heterocycles. The topological polar surface area (TPSA) is 120 Å². The van der Waals surface area contributed by atoms with E-state index in [9.17, 15) is 19.2 Å². The van der Waals surface area contributed by atoms with Crippen LogP contribution >= 0.6 is 0 Å². The van der Waals surface area contributed by atoms with Crippen molar-refractivity contribution in [1.82, 2.24) is 26.4 Å². The highest BCUT2D eigenvalue weighted by molar-refractivity contribution is 5.92. The minimum absolute atomic E-state index is 0.114. The monoisotopic (exact) mass is 569 g/mol. The lowest BCUT2D eigenvalue weighted by atomic mass is 10.0. The second kappa shape index (κ2) is 18.8. The molecule has 1 heterocycles. The van der Waals surface area contributed by atoms with Gasteiger partial charge in [-0.25, -0.2) is 5.43 Å². The lowest BCUT2D eigenvalue weighted by molar-refractivity contribution is -0.143. The van der Waals surface area contributed by atoms with E-state index < -0.39 is 24.0 Å². The lowest BCUT2D eigenvalue weighted by Gasteiger charge is -2.34. The number of benzene rings is 1. The van der Waals surface area contributed by atoms with E-state index in [-0.39, 0.29) is 23.6 Å². The minimum atomic E-state index is -0.779. The molecule has 1 saturated heterocycles. The SMILES string of the molecule is C=CCCC.C=Cc1ccc2c(c1)CCC2.CNC(=O)[C@@H]1CCCN(C(=O)[C@H](C)NC(=O)C(NC(C)=O)C(C)C)N1. The van der Waals surface area contributed by atoms with E-state index in [0.717, 1.165) is 6.42 Å². The summed E-state index contributed by atoms with van der Waals surface area (Å²) >= 11 is 0. The quantitative estimate of drug-likeness (QED) is 0.338. The molecule has 3 rings (SSSR count). The van der Waals surface area contributed by atoms with Crippen molar-refractivity contribution in [2.75, 3.05) is 13.6 Å². The van der Waals surface area contributed by atoms with Gasteiger partial charge in [0.1, 0.15) is 18.1 Å². The van der Waals surface area contributed by atoms with Crippen LogP contribution in [0.1, 0.15) is 83.4 Å². The molecule has 0 radical (unpaired) electrons. The van der Waals surface area contributed by atoms with Gasteiger partial charge in [0.25, 0.3) is 5.91 Å². The van der Waals surface area contributed by atoms with Gasteiger partial charge in [0.2, 0.25) is 17.7 Å². The maximum atomic E-state index is 12.5. The third kappa shape index (κ3) is 12.3. The molecule has 228 valence electrons. The number of nitrogens with zero attached hydrogens (tertiary/aromatic N) is 1. The Bertz CT molecular complexity index is 1040. The first kappa shape index (κ1) is 35.6. The second-order valence-corrected chi connectivity index (χ2v) is 10.7. The molecule has 1 aliphatic carbocycles. The van der Waals surface area contributed by atoms with E-state index >= 15 is 0 Å². The molecule has 41 heavy (non-hydrogen) atoms. The summed E-state index contributed by atoms with van der Waals surface area (Å²) in [4.78, 5) is 47.9. The number of amides is 4. The summed E-state index contributed by atoms with van der Waals surface area (Å²) in [5.74, 6) is -1.34. The van der Waals surface area contributed by atoms with Crippen molar-refractivity contribution < 1.29 is 19.2 Å². The number of carbonyl (C=O) groups is 4. The Kier molecular flexibility index (Phi) is 16.3. The number of hydrogen-bond acceptors (Lipinski definition) is 5. The van der Waals surface area contributed by atoms with Gasteiger partial charge < -0.3 is 16.0 Å². The Labute approximate surface area is 246 Å². The zero-order valence-electron chi connectivity index (χ0n) is 25.8. The van der Waals surface area contributed by atoms with Crippen LogP contribution in [0.2, 0.25) is 0 Å². The van der Waals surface area contributed by atoms with Crippen LogP contribution in [0.5, 0.6) is 0 Å². The maximum absolute atomic E-state index is 12.5. The molecule has 1 unspecified atom stereocenters. The summed E-state index contributed by atoms with van der Waals surface area (Å²) in [5, 5.41) is 9.15. The largest absolute Gasteiger partial charge is 0.358 e. The molecule has 3 atom stereocenters. The number of carbonyl (C=O) groups excluding carboxylic acids is 4. The van der Waals surface area contributed by atoms with E-state index in [1.54, 1.807) is 14.0 Å². The van der Waals surface area contributed by atoms with Gasteiger partial charge in [0, 0.05) is 20.5 Å². The van der Waals surface area contributed by atoms with Gasteiger partial charge >= 0.3 is 0 Å². The molecule has 0 saturated carbocycles. The second-order valence-electron chi connectivity index (χ2n) is 10.7. The Morgan fingerprint density at radius 3 is 2.29 bits per heavy atom. The van der Waals surface area contributed by atoms with E-state index in [1.807, 2.05) is 26.0 Å². The lowest BCUT2D eigenvalue weighted by Crippen LogP contribution is -2.61. The first-order valence-corrected chi connectivity index (χ1v) is 14.7. The van der Waals surface area contributed by atoms with E-state index in [1.165, 1.54) is 54.3 Å². The molecule has 9 nitrogen and oxygen atoms in total. The third-order valence-corrected chi connectivity index (χ3v) is 6.90. The summed E-state index contributed by atoms with van der Waals surface area (Å²) < 4.78 is 0. The molecule has 0 spiro atoms. The fourth-order valence-electron chi connectivity index (χ4n) is 4.58. The van der Waals surface area contributed by atoms with Crippen molar-refractivity contribution in [2.45, 2.75) is 97.7 Å². The van der Waals surface area contributed by atoms with Crippen molar-refractivity contribution >= 4 is 29.7 Å².